The third-order valence-corrected chi connectivity index (χ3v) is 6.10. The summed E-state index contributed by atoms with van der Waals surface area (Å²) in [5.41, 5.74) is 2.01. The molecule has 7 nitrogen and oxygen atoms in total. The molecule has 0 saturated heterocycles. The molecule has 0 aliphatic heterocycles. The molecule has 144 valence electrons. The van der Waals surface area contributed by atoms with Crippen LogP contribution in [0.1, 0.15) is 18.2 Å². The van der Waals surface area contributed by atoms with Crippen LogP contribution in [0.2, 0.25) is 0 Å². The van der Waals surface area contributed by atoms with Crippen molar-refractivity contribution in [3.05, 3.63) is 72.3 Å². The zero-order valence-corrected chi connectivity index (χ0v) is 16.5. The summed E-state index contributed by atoms with van der Waals surface area (Å²) in [6, 6.07) is 14.3. The molecule has 4 rings (SSSR count). The molecule has 0 amide bonds. The van der Waals surface area contributed by atoms with Gasteiger partial charge in [-0.2, -0.15) is 10.2 Å². The van der Waals surface area contributed by atoms with Gasteiger partial charge in [0.2, 0.25) is 0 Å². The Kier molecular flexibility index (Phi) is 4.64. The van der Waals surface area contributed by atoms with E-state index >= 15 is 0 Å². The Balaban J connectivity index is 1.56. The van der Waals surface area contributed by atoms with Gasteiger partial charge in [0.05, 0.1) is 24.1 Å². The number of sulfonamides is 1. The molecule has 0 saturated carbocycles. The van der Waals surface area contributed by atoms with Gasteiger partial charge in [-0.3, -0.25) is 14.1 Å². The summed E-state index contributed by atoms with van der Waals surface area (Å²) in [4.78, 5) is 0.177. The van der Waals surface area contributed by atoms with E-state index < -0.39 is 10.0 Å². The van der Waals surface area contributed by atoms with Gasteiger partial charge in [-0.1, -0.05) is 42.5 Å². The van der Waals surface area contributed by atoms with E-state index in [1.54, 1.807) is 22.5 Å². The number of aryl methyl sites for hydroxylation is 2. The van der Waals surface area contributed by atoms with Crippen molar-refractivity contribution >= 4 is 26.5 Å². The second-order valence-electron chi connectivity index (χ2n) is 6.60. The summed E-state index contributed by atoms with van der Waals surface area (Å²) in [7, 11) is -3.71. The highest BCUT2D eigenvalue weighted by molar-refractivity contribution is 7.92. The van der Waals surface area contributed by atoms with Gasteiger partial charge >= 0.3 is 0 Å². The molecule has 0 bridgehead atoms. The van der Waals surface area contributed by atoms with Crippen molar-refractivity contribution in [2.75, 3.05) is 4.72 Å². The fraction of sp³-hybridized carbons (Fsp3) is 0.200. The highest BCUT2D eigenvalue weighted by Gasteiger charge is 2.21. The summed E-state index contributed by atoms with van der Waals surface area (Å²) in [6.07, 6.45) is 4.75. The quantitative estimate of drug-likeness (QED) is 0.542. The topological polar surface area (TPSA) is 81.8 Å². The zero-order valence-electron chi connectivity index (χ0n) is 15.7. The smallest absolute Gasteiger partial charge is 0.265 e. The number of fused-ring (bicyclic) bond motifs is 1. The van der Waals surface area contributed by atoms with Crippen LogP contribution < -0.4 is 4.72 Å². The number of rotatable bonds is 6. The summed E-state index contributed by atoms with van der Waals surface area (Å²) in [6.45, 7) is 4.76. The van der Waals surface area contributed by atoms with Crippen molar-refractivity contribution in [1.29, 1.82) is 0 Å². The van der Waals surface area contributed by atoms with Crippen LogP contribution in [0, 0.1) is 6.92 Å². The lowest BCUT2D eigenvalue weighted by Gasteiger charge is -2.07. The Labute approximate surface area is 163 Å². The molecule has 0 aliphatic rings. The Morgan fingerprint density at radius 1 is 1.04 bits per heavy atom. The fourth-order valence-corrected chi connectivity index (χ4v) is 4.46. The molecule has 0 fully saturated rings. The molecule has 0 radical (unpaired) electrons. The summed E-state index contributed by atoms with van der Waals surface area (Å²) in [5, 5.41) is 10.8. The number of anilines is 1. The second-order valence-corrected chi connectivity index (χ2v) is 8.26. The van der Waals surface area contributed by atoms with E-state index in [-0.39, 0.29) is 4.90 Å². The van der Waals surface area contributed by atoms with Gasteiger partial charge in [-0.25, -0.2) is 8.42 Å². The second kappa shape index (κ2) is 7.12. The predicted molar refractivity (Wildman–Crippen MR) is 109 cm³/mol. The molecule has 2 aromatic carbocycles. The van der Waals surface area contributed by atoms with E-state index in [9.17, 15) is 8.42 Å². The molecule has 2 aromatic heterocycles. The molecule has 4 aromatic rings. The van der Waals surface area contributed by atoms with Crippen molar-refractivity contribution in [3.8, 4) is 0 Å². The Morgan fingerprint density at radius 2 is 1.82 bits per heavy atom. The SMILES string of the molecule is CCn1cc(S(=O)(=O)Nc2cnn(Cc3cccc4ccccc34)c2)c(C)n1. The van der Waals surface area contributed by atoms with Crippen molar-refractivity contribution in [2.45, 2.75) is 31.8 Å². The molecule has 0 atom stereocenters. The lowest BCUT2D eigenvalue weighted by atomic mass is 10.0. The van der Waals surface area contributed by atoms with Crippen molar-refractivity contribution in [1.82, 2.24) is 19.6 Å². The molecule has 8 heteroatoms. The molecular weight excluding hydrogens is 374 g/mol. The van der Waals surface area contributed by atoms with Gasteiger partial charge in [0, 0.05) is 18.9 Å². The number of hydrogen-bond donors (Lipinski definition) is 1. The normalized spacial score (nSPS) is 11.8. The lowest BCUT2D eigenvalue weighted by Crippen LogP contribution is -2.13. The van der Waals surface area contributed by atoms with Gasteiger partial charge < -0.3 is 0 Å². The summed E-state index contributed by atoms with van der Waals surface area (Å²) < 4.78 is 31.3. The van der Waals surface area contributed by atoms with E-state index in [0.717, 1.165) is 16.3 Å². The molecule has 0 unspecified atom stereocenters. The van der Waals surface area contributed by atoms with Crippen LogP contribution >= 0.6 is 0 Å². The molecule has 0 aliphatic carbocycles. The van der Waals surface area contributed by atoms with Crippen LogP contribution in [0.4, 0.5) is 5.69 Å². The Hall–Kier alpha value is -3.13. The van der Waals surface area contributed by atoms with Crippen molar-refractivity contribution in [3.63, 3.8) is 0 Å². The summed E-state index contributed by atoms with van der Waals surface area (Å²) in [5.74, 6) is 0. The van der Waals surface area contributed by atoms with Gasteiger partial charge in [-0.05, 0) is 30.2 Å². The number of aromatic nitrogens is 4. The molecule has 0 spiro atoms. The Bertz CT molecular complexity index is 1240. The largest absolute Gasteiger partial charge is 0.276 e. The zero-order chi connectivity index (χ0) is 19.7. The average Bonchev–Trinajstić information content (AvgIpc) is 3.28. The van der Waals surface area contributed by atoms with E-state index in [2.05, 4.69) is 39.2 Å². The van der Waals surface area contributed by atoms with Crippen LogP contribution in [-0.4, -0.2) is 28.0 Å². The van der Waals surface area contributed by atoms with Gasteiger partial charge in [0.1, 0.15) is 4.90 Å². The molecule has 28 heavy (non-hydrogen) atoms. The minimum absolute atomic E-state index is 0.177. The fourth-order valence-electron chi connectivity index (χ4n) is 3.24. The van der Waals surface area contributed by atoms with Crippen molar-refractivity contribution < 1.29 is 8.42 Å². The minimum atomic E-state index is -3.71. The van der Waals surface area contributed by atoms with Crippen LogP contribution in [0.25, 0.3) is 10.8 Å². The maximum atomic E-state index is 12.7. The number of hydrogen-bond acceptors (Lipinski definition) is 4. The van der Waals surface area contributed by atoms with Gasteiger partial charge in [0.25, 0.3) is 10.0 Å². The van der Waals surface area contributed by atoms with E-state index in [4.69, 9.17) is 0 Å². The van der Waals surface area contributed by atoms with Gasteiger partial charge in [0.15, 0.2) is 0 Å². The van der Waals surface area contributed by atoms with Crippen LogP contribution in [0.3, 0.4) is 0 Å². The highest BCUT2D eigenvalue weighted by Crippen LogP contribution is 2.21. The molecule has 2 heterocycles. The maximum Gasteiger partial charge on any atom is 0.265 e. The first-order chi connectivity index (χ1) is 13.5. The molecule has 1 N–H and O–H groups in total. The Morgan fingerprint density at radius 3 is 2.61 bits per heavy atom. The minimum Gasteiger partial charge on any atom is -0.276 e. The monoisotopic (exact) mass is 395 g/mol. The predicted octanol–water partition coefficient (Wildman–Crippen LogP) is 3.41. The highest BCUT2D eigenvalue weighted by atomic mass is 32.2. The van der Waals surface area contributed by atoms with Crippen molar-refractivity contribution in [2.24, 2.45) is 0 Å². The first-order valence-corrected chi connectivity index (χ1v) is 10.5. The van der Waals surface area contributed by atoms with Crippen LogP contribution in [0.15, 0.2) is 66.0 Å². The van der Waals surface area contributed by atoms with Crippen LogP contribution in [0.5, 0.6) is 0 Å². The molecular formula is C20H21N5O2S. The third-order valence-electron chi connectivity index (χ3n) is 4.61. The number of nitrogens with zero attached hydrogens (tertiary/aromatic N) is 4. The van der Waals surface area contributed by atoms with Gasteiger partial charge in [-0.15, -0.1) is 0 Å². The number of benzene rings is 2. The lowest BCUT2D eigenvalue weighted by molar-refractivity contribution is 0.600. The van der Waals surface area contributed by atoms with E-state index in [1.165, 1.54) is 12.4 Å². The van der Waals surface area contributed by atoms with E-state index in [1.807, 2.05) is 25.1 Å². The third kappa shape index (κ3) is 3.50. The average molecular weight is 395 g/mol. The first kappa shape index (κ1) is 18.2. The standard InChI is InChI=1S/C20H21N5O2S/c1-3-24-14-20(15(2)22-24)28(26,27)23-18-11-21-25(13-18)12-17-9-6-8-16-7-4-5-10-19(16)17/h4-11,13-14,23H,3,12H2,1-2H3. The first-order valence-electron chi connectivity index (χ1n) is 9.02. The van der Waals surface area contributed by atoms with E-state index in [0.29, 0.717) is 24.5 Å². The number of nitrogens with one attached hydrogen (secondary N) is 1. The summed E-state index contributed by atoms with van der Waals surface area (Å²) >= 11 is 0. The van der Waals surface area contributed by atoms with Crippen LogP contribution in [-0.2, 0) is 23.1 Å². The maximum absolute atomic E-state index is 12.7.